The van der Waals surface area contributed by atoms with Crippen molar-refractivity contribution in [1.82, 2.24) is 5.32 Å². The molecule has 0 unspecified atom stereocenters. The molecule has 1 aromatic carbocycles. The van der Waals surface area contributed by atoms with E-state index in [0.717, 1.165) is 17.7 Å². The van der Waals surface area contributed by atoms with Gasteiger partial charge < -0.3 is 10.6 Å². The van der Waals surface area contributed by atoms with Crippen LogP contribution in [0.4, 0.5) is 5.69 Å². The van der Waals surface area contributed by atoms with E-state index in [1.54, 1.807) is 0 Å². The second-order valence-corrected chi connectivity index (χ2v) is 4.87. The second-order valence-electron chi connectivity index (χ2n) is 4.87. The van der Waals surface area contributed by atoms with Crippen molar-refractivity contribution in [3.63, 3.8) is 0 Å². The summed E-state index contributed by atoms with van der Waals surface area (Å²) in [6.07, 6.45) is 1.41. The molecule has 1 rings (SSSR count). The first-order valence-corrected chi connectivity index (χ1v) is 6.69. The van der Waals surface area contributed by atoms with Gasteiger partial charge in [-0.1, -0.05) is 32.9 Å². The molecule has 4 nitrogen and oxygen atoms in total. The highest BCUT2D eigenvalue weighted by Crippen LogP contribution is 2.11. The van der Waals surface area contributed by atoms with E-state index >= 15 is 0 Å². The molecule has 0 atom stereocenters. The van der Waals surface area contributed by atoms with Crippen LogP contribution in [-0.2, 0) is 16.1 Å². The fourth-order valence-electron chi connectivity index (χ4n) is 1.51. The van der Waals surface area contributed by atoms with Gasteiger partial charge in [0, 0.05) is 24.6 Å². The van der Waals surface area contributed by atoms with Gasteiger partial charge in [-0.25, -0.2) is 0 Å². The molecule has 19 heavy (non-hydrogen) atoms. The van der Waals surface area contributed by atoms with Crippen molar-refractivity contribution in [2.24, 2.45) is 5.92 Å². The van der Waals surface area contributed by atoms with E-state index in [0.29, 0.717) is 13.0 Å². The van der Waals surface area contributed by atoms with Crippen LogP contribution in [0.1, 0.15) is 39.2 Å². The molecular formula is C15H22N2O2. The van der Waals surface area contributed by atoms with Crippen molar-refractivity contribution in [2.45, 2.75) is 40.2 Å². The summed E-state index contributed by atoms with van der Waals surface area (Å²) < 4.78 is 0. The number of anilines is 1. The molecule has 0 saturated heterocycles. The molecular weight excluding hydrogens is 240 g/mol. The number of amides is 2. The number of carbonyl (C=O) groups is 2. The number of carbonyl (C=O) groups excluding carboxylic acids is 2. The summed E-state index contributed by atoms with van der Waals surface area (Å²) in [6.45, 7) is 6.21. The summed E-state index contributed by atoms with van der Waals surface area (Å²) in [5, 5.41) is 5.68. The fourth-order valence-corrected chi connectivity index (χ4v) is 1.51. The minimum absolute atomic E-state index is 0.00370. The lowest BCUT2D eigenvalue weighted by Crippen LogP contribution is -2.22. The number of rotatable bonds is 6. The van der Waals surface area contributed by atoms with Gasteiger partial charge in [0.1, 0.15) is 0 Å². The third kappa shape index (κ3) is 5.55. The van der Waals surface area contributed by atoms with Crippen LogP contribution >= 0.6 is 0 Å². The minimum atomic E-state index is -0.0343. The second kappa shape index (κ2) is 7.56. The Morgan fingerprint density at radius 3 is 2.32 bits per heavy atom. The smallest absolute Gasteiger partial charge is 0.226 e. The van der Waals surface area contributed by atoms with Crippen LogP contribution in [0.3, 0.4) is 0 Å². The Balaban J connectivity index is 2.47. The van der Waals surface area contributed by atoms with E-state index < -0.39 is 0 Å². The summed E-state index contributed by atoms with van der Waals surface area (Å²) in [4.78, 5) is 22.9. The Kier molecular flexibility index (Phi) is 6.06. The van der Waals surface area contributed by atoms with Crippen LogP contribution in [0, 0.1) is 5.92 Å². The Morgan fingerprint density at radius 2 is 1.79 bits per heavy atom. The number of benzene rings is 1. The van der Waals surface area contributed by atoms with Crippen LogP contribution in [0.5, 0.6) is 0 Å². The van der Waals surface area contributed by atoms with Gasteiger partial charge in [0.2, 0.25) is 11.8 Å². The highest BCUT2D eigenvalue weighted by molar-refractivity contribution is 5.92. The molecule has 0 aliphatic carbocycles. The molecule has 0 aliphatic heterocycles. The maximum absolute atomic E-state index is 11.5. The van der Waals surface area contributed by atoms with Crippen LogP contribution in [-0.4, -0.2) is 11.8 Å². The maximum Gasteiger partial charge on any atom is 0.226 e. The van der Waals surface area contributed by atoms with Gasteiger partial charge in [-0.2, -0.15) is 0 Å². The molecule has 0 spiro atoms. The van der Waals surface area contributed by atoms with Crippen LogP contribution in [0.2, 0.25) is 0 Å². The zero-order valence-corrected chi connectivity index (χ0v) is 11.8. The van der Waals surface area contributed by atoms with Crippen molar-refractivity contribution in [3.8, 4) is 0 Å². The van der Waals surface area contributed by atoms with Gasteiger partial charge in [0.15, 0.2) is 0 Å². The lowest BCUT2D eigenvalue weighted by molar-refractivity contribution is -0.121. The van der Waals surface area contributed by atoms with Crippen molar-refractivity contribution < 1.29 is 9.59 Å². The average molecular weight is 262 g/mol. The van der Waals surface area contributed by atoms with Crippen molar-refractivity contribution in [3.05, 3.63) is 29.8 Å². The molecule has 1 aromatic rings. The fraction of sp³-hybridized carbons (Fsp3) is 0.467. The predicted octanol–water partition coefficient (Wildman–Crippen LogP) is 2.70. The topological polar surface area (TPSA) is 58.2 Å². The van der Waals surface area contributed by atoms with E-state index in [9.17, 15) is 9.59 Å². The molecule has 2 amide bonds. The largest absolute Gasteiger partial charge is 0.352 e. The van der Waals surface area contributed by atoms with Crippen molar-refractivity contribution in [2.75, 3.05) is 5.32 Å². The highest BCUT2D eigenvalue weighted by Gasteiger charge is 2.06. The Hall–Kier alpha value is -1.84. The first kappa shape index (κ1) is 15.2. The monoisotopic (exact) mass is 262 g/mol. The van der Waals surface area contributed by atoms with E-state index in [1.807, 2.05) is 45.0 Å². The molecule has 4 heteroatoms. The molecule has 0 radical (unpaired) electrons. The van der Waals surface area contributed by atoms with E-state index in [1.165, 1.54) is 0 Å². The van der Waals surface area contributed by atoms with E-state index in [-0.39, 0.29) is 17.7 Å². The summed E-state index contributed by atoms with van der Waals surface area (Å²) >= 11 is 0. The molecule has 0 aromatic heterocycles. The van der Waals surface area contributed by atoms with E-state index in [4.69, 9.17) is 0 Å². The lowest BCUT2D eigenvalue weighted by Gasteiger charge is -2.09. The summed E-state index contributed by atoms with van der Waals surface area (Å²) in [6, 6.07) is 7.51. The Morgan fingerprint density at radius 1 is 1.16 bits per heavy atom. The number of hydrogen-bond donors (Lipinski definition) is 2. The van der Waals surface area contributed by atoms with Gasteiger partial charge in [-0.05, 0) is 24.1 Å². The average Bonchev–Trinajstić information content (AvgIpc) is 2.38. The molecule has 0 heterocycles. The zero-order valence-electron chi connectivity index (χ0n) is 11.8. The number of nitrogens with one attached hydrogen (secondary N) is 2. The van der Waals surface area contributed by atoms with E-state index in [2.05, 4.69) is 10.6 Å². The van der Waals surface area contributed by atoms with Crippen LogP contribution in [0.15, 0.2) is 24.3 Å². The van der Waals surface area contributed by atoms with Crippen LogP contribution in [0.25, 0.3) is 0 Å². The molecule has 0 aliphatic rings. The molecule has 0 bridgehead atoms. The SMILES string of the molecule is CCCC(=O)NCc1ccc(NC(=O)C(C)C)cc1. The van der Waals surface area contributed by atoms with Crippen LogP contribution < -0.4 is 10.6 Å². The summed E-state index contributed by atoms with van der Waals surface area (Å²) in [5.74, 6) is 0.0386. The van der Waals surface area contributed by atoms with Crippen molar-refractivity contribution in [1.29, 1.82) is 0 Å². The van der Waals surface area contributed by atoms with Gasteiger partial charge in [0.05, 0.1) is 0 Å². The Labute approximate surface area is 114 Å². The zero-order chi connectivity index (χ0) is 14.3. The third-order valence-corrected chi connectivity index (χ3v) is 2.71. The summed E-state index contributed by atoms with van der Waals surface area (Å²) in [5.41, 5.74) is 1.80. The molecule has 0 saturated carbocycles. The van der Waals surface area contributed by atoms with Crippen molar-refractivity contribution >= 4 is 17.5 Å². The lowest BCUT2D eigenvalue weighted by atomic mass is 10.1. The normalized spacial score (nSPS) is 10.3. The van der Waals surface area contributed by atoms with Gasteiger partial charge in [-0.3, -0.25) is 9.59 Å². The Bertz CT molecular complexity index is 424. The first-order chi connectivity index (χ1) is 9.02. The quantitative estimate of drug-likeness (QED) is 0.828. The third-order valence-electron chi connectivity index (χ3n) is 2.71. The molecule has 104 valence electrons. The minimum Gasteiger partial charge on any atom is -0.352 e. The van der Waals surface area contributed by atoms with Gasteiger partial charge in [0.25, 0.3) is 0 Å². The standard InChI is InChI=1S/C15H22N2O2/c1-4-5-14(18)16-10-12-6-8-13(9-7-12)17-15(19)11(2)3/h6-9,11H,4-5,10H2,1-3H3,(H,16,18)(H,17,19). The highest BCUT2D eigenvalue weighted by atomic mass is 16.2. The molecule has 2 N–H and O–H groups in total. The first-order valence-electron chi connectivity index (χ1n) is 6.69. The predicted molar refractivity (Wildman–Crippen MR) is 76.7 cm³/mol. The van der Waals surface area contributed by atoms with Gasteiger partial charge >= 0.3 is 0 Å². The summed E-state index contributed by atoms with van der Waals surface area (Å²) in [7, 11) is 0. The maximum atomic E-state index is 11.5. The van der Waals surface area contributed by atoms with Gasteiger partial charge in [-0.15, -0.1) is 0 Å². The number of hydrogen-bond acceptors (Lipinski definition) is 2. The molecule has 0 fully saturated rings.